The number of allylic oxidation sites excluding steroid dienone is 4. The van der Waals surface area contributed by atoms with Crippen LogP contribution in [-0.4, -0.2) is 24.0 Å². The van der Waals surface area contributed by atoms with Crippen molar-refractivity contribution in [1.82, 2.24) is 0 Å². The van der Waals surface area contributed by atoms with Crippen molar-refractivity contribution in [2.75, 3.05) is 0 Å². The number of aryl methyl sites for hydroxylation is 4. The quantitative estimate of drug-likeness (QED) is 0.266. The number of hydrogen-bond acceptors (Lipinski definition) is 6. The Balaban J connectivity index is 0.00000684. The largest absolute Gasteiger partial charge is 2.00 e. The number of Topliss-reactive ketones (excluding diaryl/α,β-unsaturated/α-hetero) is 2. The molecule has 197 valence electrons. The first-order valence-electron chi connectivity index (χ1n) is 11.8. The second-order valence-corrected chi connectivity index (χ2v) is 9.34. The summed E-state index contributed by atoms with van der Waals surface area (Å²) in [4.78, 5) is 33.6. The molecule has 1 radical (unpaired) electrons. The van der Waals surface area contributed by atoms with E-state index in [1.165, 1.54) is 40.1 Å². The SMILES string of the molecule is CC(=O)/C(C=N[C@@H](c1cc(C)cc(C)c1)[C@@H](N=C/C(C(C)=O)=C(/C)[O-])c1cc(C)cc(C)c1)=C(\C)[O-].[Co+2]. The molecule has 0 saturated heterocycles. The third-order valence-electron chi connectivity index (χ3n) is 5.72. The molecule has 0 bridgehead atoms. The second-order valence-electron chi connectivity index (χ2n) is 9.34. The van der Waals surface area contributed by atoms with Crippen LogP contribution in [0.25, 0.3) is 0 Å². The van der Waals surface area contributed by atoms with Gasteiger partial charge < -0.3 is 10.2 Å². The number of aliphatic imine (C=N–C) groups is 2. The molecule has 0 spiro atoms. The van der Waals surface area contributed by atoms with Crippen LogP contribution in [0.3, 0.4) is 0 Å². The topological polar surface area (TPSA) is 105 Å². The van der Waals surface area contributed by atoms with Crippen LogP contribution in [0, 0.1) is 27.7 Å². The molecule has 2 aromatic rings. The zero-order valence-electron chi connectivity index (χ0n) is 22.6. The minimum absolute atomic E-state index is 0. The van der Waals surface area contributed by atoms with Crippen LogP contribution in [0.15, 0.2) is 69.0 Å². The predicted molar refractivity (Wildman–Crippen MR) is 141 cm³/mol. The second kappa shape index (κ2) is 13.9. The molecule has 7 heteroatoms. The average Bonchev–Trinajstić information content (AvgIpc) is 2.72. The van der Waals surface area contributed by atoms with Crippen LogP contribution in [0.1, 0.15) is 73.2 Å². The van der Waals surface area contributed by atoms with Crippen molar-refractivity contribution in [2.45, 2.75) is 67.5 Å². The molecule has 37 heavy (non-hydrogen) atoms. The first-order valence-corrected chi connectivity index (χ1v) is 11.8. The van der Waals surface area contributed by atoms with Crippen LogP contribution < -0.4 is 10.2 Å². The Morgan fingerprint density at radius 2 is 0.892 bits per heavy atom. The van der Waals surface area contributed by atoms with Crippen LogP contribution >= 0.6 is 0 Å². The third kappa shape index (κ3) is 8.95. The van der Waals surface area contributed by atoms with Gasteiger partial charge in [-0.3, -0.25) is 19.6 Å². The van der Waals surface area contributed by atoms with Crippen LogP contribution in [0.5, 0.6) is 0 Å². The number of hydrogen-bond donors (Lipinski definition) is 0. The summed E-state index contributed by atoms with van der Waals surface area (Å²) >= 11 is 0. The van der Waals surface area contributed by atoms with E-state index in [9.17, 15) is 19.8 Å². The van der Waals surface area contributed by atoms with Crippen molar-refractivity contribution in [3.05, 3.63) is 92.4 Å². The Kier molecular flexibility index (Phi) is 11.9. The van der Waals surface area contributed by atoms with Gasteiger partial charge in [-0.2, -0.15) is 0 Å². The first kappa shape index (κ1) is 31.7. The maximum atomic E-state index is 12.1. The Morgan fingerprint density at radius 3 is 1.11 bits per heavy atom. The first-order chi connectivity index (χ1) is 16.8. The number of benzene rings is 2. The van der Waals surface area contributed by atoms with E-state index >= 15 is 0 Å². The normalized spacial score (nSPS) is 14.6. The minimum Gasteiger partial charge on any atom is -0.875 e. The fourth-order valence-electron chi connectivity index (χ4n) is 4.23. The number of carbonyl (C=O) groups excluding carboxylic acids is 2. The van der Waals surface area contributed by atoms with Crippen LogP contribution in [0.2, 0.25) is 0 Å². The zero-order chi connectivity index (χ0) is 27.2. The van der Waals surface area contributed by atoms with Crippen molar-refractivity contribution >= 4 is 24.0 Å². The molecule has 2 atom stereocenters. The maximum absolute atomic E-state index is 12.1. The van der Waals surface area contributed by atoms with Gasteiger partial charge in [-0.1, -0.05) is 72.5 Å². The minimum atomic E-state index is -0.630. The van der Waals surface area contributed by atoms with Gasteiger partial charge in [0.05, 0.1) is 0 Å². The van der Waals surface area contributed by atoms with Gasteiger partial charge in [-0.05, 0) is 52.7 Å². The van der Waals surface area contributed by atoms with Gasteiger partial charge in [-0.25, -0.2) is 0 Å². The molecule has 0 unspecified atom stereocenters. The summed E-state index contributed by atoms with van der Waals surface area (Å²) in [5.41, 5.74) is 5.75. The zero-order valence-corrected chi connectivity index (χ0v) is 23.7. The summed E-state index contributed by atoms with van der Waals surface area (Å²) in [6, 6.07) is 10.8. The van der Waals surface area contributed by atoms with E-state index < -0.39 is 12.1 Å². The summed E-state index contributed by atoms with van der Waals surface area (Å²) in [6.45, 7) is 13.2. The molecule has 0 N–H and O–H groups in total. The summed E-state index contributed by atoms with van der Waals surface area (Å²) in [6.07, 6.45) is 2.64. The van der Waals surface area contributed by atoms with Crippen molar-refractivity contribution in [2.24, 2.45) is 9.98 Å². The van der Waals surface area contributed by atoms with E-state index in [0.717, 1.165) is 33.4 Å². The molecule has 0 aromatic heterocycles. The standard InChI is InChI=1S/C30H36N2O4.Co/c1-17-9-18(2)12-25(11-17)29(31-15-27(21(5)33)22(6)34)30(26-13-19(3)10-20(4)14-26)32-16-28(23(7)35)24(8)36;/h9-16,29-30,33,35H,1-8H3;/q;+2/p-2/b27-21+,28-23+,31-15?,32-16?;/t29-,30-;/m0./s1. The third-order valence-corrected chi connectivity index (χ3v) is 5.72. The Labute approximate surface area is 230 Å². The molecule has 0 aliphatic rings. The number of nitrogens with zero attached hydrogens (tertiary/aromatic N) is 2. The van der Waals surface area contributed by atoms with E-state index in [4.69, 9.17) is 9.98 Å². The van der Waals surface area contributed by atoms with E-state index in [-0.39, 0.29) is 51.0 Å². The van der Waals surface area contributed by atoms with E-state index in [1.807, 2.05) is 64.1 Å². The van der Waals surface area contributed by atoms with Gasteiger partial charge in [0.1, 0.15) is 12.1 Å². The van der Waals surface area contributed by atoms with Gasteiger partial charge in [0.2, 0.25) is 0 Å². The summed E-state index contributed by atoms with van der Waals surface area (Å²) in [5.74, 6) is -1.50. The van der Waals surface area contributed by atoms with Gasteiger partial charge in [0, 0.05) is 23.6 Å². The molecular weight excluding hydrogens is 511 g/mol. The van der Waals surface area contributed by atoms with E-state index in [0.29, 0.717) is 0 Å². The van der Waals surface area contributed by atoms with Gasteiger partial charge in [-0.15, -0.1) is 11.5 Å². The Morgan fingerprint density at radius 1 is 0.622 bits per heavy atom. The Bertz CT molecular complexity index is 1140. The number of ketones is 2. The van der Waals surface area contributed by atoms with Crippen LogP contribution in [0.4, 0.5) is 0 Å². The molecule has 0 heterocycles. The van der Waals surface area contributed by atoms with Gasteiger partial charge in [0.25, 0.3) is 0 Å². The molecule has 0 fully saturated rings. The smallest absolute Gasteiger partial charge is 0.875 e. The summed E-state index contributed by atoms with van der Waals surface area (Å²) in [7, 11) is 0. The number of carbonyl (C=O) groups is 2. The van der Waals surface area contributed by atoms with Gasteiger partial charge >= 0.3 is 16.8 Å². The average molecular weight is 546 g/mol. The molecule has 0 saturated carbocycles. The van der Waals surface area contributed by atoms with Crippen molar-refractivity contribution in [1.29, 1.82) is 0 Å². The van der Waals surface area contributed by atoms with Gasteiger partial charge in [0.15, 0.2) is 11.6 Å². The van der Waals surface area contributed by atoms with E-state index in [1.54, 1.807) is 0 Å². The Hall–Kier alpha value is -3.29. The molecule has 6 nitrogen and oxygen atoms in total. The van der Waals surface area contributed by atoms with Crippen molar-refractivity contribution in [3.8, 4) is 0 Å². The summed E-state index contributed by atoms with van der Waals surface area (Å²) in [5, 5.41) is 24.2. The fourth-order valence-corrected chi connectivity index (χ4v) is 4.23. The molecule has 0 aliphatic heterocycles. The fraction of sp³-hybridized carbons (Fsp3) is 0.333. The maximum Gasteiger partial charge on any atom is 2.00 e. The molecular formula is C30H34CoN2O4. The van der Waals surface area contributed by atoms with Crippen molar-refractivity contribution < 1.29 is 36.6 Å². The molecule has 0 aliphatic carbocycles. The van der Waals surface area contributed by atoms with Crippen LogP contribution in [-0.2, 0) is 26.4 Å². The van der Waals surface area contributed by atoms with Crippen molar-refractivity contribution in [3.63, 3.8) is 0 Å². The summed E-state index contributed by atoms with van der Waals surface area (Å²) < 4.78 is 0. The molecule has 2 aromatic carbocycles. The predicted octanol–water partition coefficient (Wildman–Crippen LogP) is 4.29. The monoisotopic (exact) mass is 545 g/mol. The number of rotatable bonds is 9. The molecule has 0 amide bonds. The molecule has 2 rings (SSSR count). The van der Waals surface area contributed by atoms with E-state index in [2.05, 4.69) is 0 Å².